The summed E-state index contributed by atoms with van der Waals surface area (Å²) in [6.07, 6.45) is 0.261. The van der Waals surface area contributed by atoms with Gasteiger partial charge in [0, 0.05) is 5.56 Å². The number of hydrogen-bond acceptors (Lipinski definition) is 5. The van der Waals surface area contributed by atoms with E-state index in [0.717, 1.165) is 0 Å². The van der Waals surface area contributed by atoms with Crippen molar-refractivity contribution in [3.63, 3.8) is 0 Å². The first-order chi connectivity index (χ1) is 6.61. The molecule has 0 radical (unpaired) electrons. The SMILES string of the molecule is Cc1c(Cl)nnc(N(C=O)N=O)c1C. The minimum Gasteiger partial charge on any atom is -0.276 e. The van der Waals surface area contributed by atoms with E-state index in [1.807, 2.05) is 0 Å². The van der Waals surface area contributed by atoms with Crippen LogP contribution in [-0.2, 0) is 4.79 Å². The van der Waals surface area contributed by atoms with Crippen molar-refractivity contribution < 1.29 is 4.79 Å². The van der Waals surface area contributed by atoms with Crippen molar-refractivity contribution in [3.8, 4) is 0 Å². The fraction of sp³-hybridized carbons (Fsp3) is 0.286. The van der Waals surface area contributed by atoms with Crippen molar-refractivity contribution in [3.05, 3.63) is 21.2 Å². The van der Waals surface area contributed by atoms with E-state index in [2.05, 4.69) is 15.5 Å². The van der Waals surface area contributed by atoms with E-state index in [1.165, 1.54) is 0 Å². The highest BCUT2D eigenvalue weighted by Gasteiger charge is 2.14. The van der Waals surface area contributed by atoms with E-state index in [0.29, 0.717) is 16.1 Å². The van der Waals surface area contributed by atoms with Gasteiger partial charge in [0.2, 0.25) is 6.41 Å². The fourth-order valence-electron chi connectivity index (χ4n) is 0.889. The Kier molecular flexibility index (Phi) is 3.08. The second kappa shape index (κ2) is 4.10. The van der Waals surface area contributed by atoms with E-state index in [9.17, 15) is 9.70 Å². The van der Waals surface area contributed by atoms with Gasteiger partial charge in [0.1, 0.15) is 0 Å². The minimum atomic E-state index is 0.0944. The maximum Gasteiger partial charge on any atom is 0.238 e. The molecule has 1 amide bonds. The van der Waals surface area contributed by atoms with Gasteiger partial charge in [-0.1, -0.05) is 11.6 Å². The Bertz CT molecular complexity index is 374. The number of carbonyl (C=O) groups is 1. The van der Waals surface area contributed by atoms with Crippen LogP contribution in [0.2, 0.25) is 5.15 Å². The highest BCUT2D eigenvalue weighted by Crippen LogP contribution is 2.22. The summed E-state index contributed by atoms with van der Waals surface area (Å²) in [6.45, 7) is 3.39. The Hall–Kier alpha value is -1.56. The Morgan fingerprint density at radius 1 is 1.36 bits per heavy atom. The summed E-state index contributed by atoms with van der Waals surface area (Å²) in [4.78, 5) is 20.6. The van der Waals surface area contributed by atoms with Gasteiger partial charge >= 0.3 is 0 Å². The van der Waals surface area contributed by atoms with Crippen LogP contribution in [0.15, 0.2) is 5.29 Å². The third-order valence-electron chi connectivity index (χ3n) is 1.84. The first kappa shape index (κ1) is 10.5. The predicted octanol–water partition coefficient (Wildman–Crippen LogP) is 1.39. The summed E-state index contributed by atoms with van der Waals surface area (Å²) < 4.78 is 0. The van der Waals surface area contributed by atoms with E-state index in [1.54, 1.807) is 13.8 Å². The maximum absolute atomic E-state index is 10.4. The molecule has 1 aromatic heterocycles. The molecule has 0 fully saturated rings. The Balaban J connectivity index is 3.29. The molecule has 0 saturated heterocycles. The number of anilines is 1. The summed E-state index contributed by atoms with van der Waals surface area (Å²) >= 11 is 5.69. The summed E-state index contributed by atoms with van der Waals surface area (Å²) in [5.74, 6) is 0.0944. The number of amides is 1. The van der Waals surface area contributed by atoms with E-state index >= 15 is 0 Å². The third-order valence-corrected chi connectivity index (χ3v) is 2.20. The van der Waals surface area contributed by atoms with Gasteiger partial charge in [-0.05, 0) is 19.4 Å². The Morgan fingerprint density at radius 2 is 2.00 bits per heavy atom. The van der Waals surface area contributed by atoms with Gasteiger partial charge in [-0.2, -0.15) is 0 Å². The van der Waals surface area contributed by atoms with Gasteiger partial charge in [-0.25, -0.2) is 0 Å². The largest absolute Gasteiger partial charge is 0.276 e. The van der Waals surface area contributed by atoms with Crippen molar-refractivity contribution >= 4 is 23.8 Å². The van der Waals surface area contributed by atoms with Crippen LogP contribution in [0, 0.1) is 18.8 Å². The molecule has 14 heavy (non-hydrogen) atoms. The number of halogens is 1. The number of hydrogen-bond donors (Lipinski definition) is 0. The van der Waals surface area contributed by atoms with Crippen LogP contribution in [0.5, 0.6) is 0 Å². The maximum atomic E-state index is 10.4. The molecule has 1 aromatic rings. The number of rotatable bonds is 3. The molecular formula is C7H7ClN4O2. The normalized spacial score (nSPS) is 9.64. The second-order valence-corrected chi connectivity index (χ2v) is 2.95. The smallest absolute Gasteiger partial charge is 0.238 e. The molecule has 0 atom stereocenters. The van der Waals surface area contributed by atoms with Crippen LogP contribution in [0.3, 0.4) is 0 Å². The standard InChI is InChI=1S/C7H7ClN4O2/c1-4-5(2)7(10-9-6(4)8)12(3-13)11-14/h3H,1-2H3. The second-order valence-electron chi connectivity index (χ2n) is 2.60. The van der Waals surface area contributed by atoms with Gasteiger partial charge in [-0.15, -0.1) is 20.1 Å². The number of nitrogens with zero attached hydrogens (tertiary/aromatic N) is 4. The fourth-order valence-corrected chi connectivity index (χ4v) is 1.07. The van der Waals surface area contributed by atoms with Gasteiger partial charge in [0.15, 0.2) is 11.0 Å². The lowest BCUT2D eigenvalue weighted by Gasteiger charge is -2.10. The van der Waals surface area contributed by atoms with E-state index < -0.39 is 0 Å². The number of aromatic nitrogens is 2. The van der Waals surface area contributed by atoms with Crippen LogP contribution < -0.4 is 5.01 Å². The van der Waals surface area contributed by atoms with Crippen LogP contribution >= 0.6 is 11.6 Å². The summed E-state index contributed by atoms with van der Waals surface area (Å²) in [5.41, 5.74) is 1.25. The van der Waals surface area contributed by atoms with Crippen molar-refractivity contribution in [2.24, 2.45) is 5.29 Å². The van der Waals surface area contributed by atoms with Gasteiger partial charge in [0.25, 0.3) is 0 Å². The van der Waals surface area contributed by atoms with Crippen LogP contribution in [0.1, 0.15) is 11.1 Å². The molecule has 0 aliphatic carbocycles. The summed E-state index contributed by atoms with van der Waals surface area (Å²) in [5, 5.41) is 10.5. The molecule has 0 N–H and O–H groups in total. The molecule has 0 saturated carbocycles. The van der Waals surface area contributed by atoms with Gasteiger partial charge in [-0.3, -0.25) is 4.79 Å². The lowest BCUT2D eigenvalue weighted by Crippen LogP contribution is -2.16. The third kappa shape index (κ3) is 1.69. The van der Waals surface area contributed by atoms with Crippen molar-refractivity contribution in [2.75, 3.05) is 5.01 Å². The molecule has 0 bridgehead atoms. The Morgan fingerprint density at radius 3 is 2.50 bits per heavy atom. The predicted molar refractivity (Wildman–Crippen MR) is 50.9 cm³/mol. The zero-order valence-corrected chi connectivity index (χ0v) is 8.32. The number of carbonyl (C=O) groups excluding carboxylic acids is 1. The molecule has 0 aliphatic rings. The zero-order chi connectivity index (χ0) is 10.7. The van der Waals surface area contributed by atoms with Gasteiger partial charge < -0.3 is 0 Å². The lowest BCUT2D eigenvalue weighted by atomic mass is 10.2. The molecule has 7 heteroatoms. The molecule has 1 rings (SSSR count). The molecule has 6 nitrogen and oxygen atoms in total. The highest BCUT2D eigenvalue weighted by atomic mass is 35.5. The van der Waals surface area contributed by atoms with Crippen molar-refractivity contribution in [2.45, 2.75) is 13.8 Å². The topological polar surface area (TPSA) is 75.5 Å². The van der Waals surface area contributed by atoms with Crippen LogP contribution in [0.4, 0.5) is 5.82 Å². The quantitative estimate of drug-likeness (QED) is 0.433. The summed E-state index contributed by atoms with van der Waals surface area (Å²) in [6, 6.07) is 0. The van der Waals surface area contributed by atoms with E-state index in [4.69, 9.17) is 11.6 Å². The van der Waals surface area contributed by atoms with Crippen molar-refractivity contribution in [1.29, 1.82) is 0 Å². The molecule has 0 spiro atoms. The van der Waals surface area contributed by atoms with Crippen molar-refractivity contribution in [1.82, 2.24) is 10.2 Å². The minimum absolute atomic E-state index is 0.0944. The summed E-state index contributed by atoms with van der Waals surface area (Å²) in [7, 11) is 0. The average molecular weight is 215 g/mol. The lowest BCUT2D eigenvalue weighted by molar-refractivity contribution is -0.107. The first-order valence-electron chi connectivity index (χ1n) is 3.69. The molecule has 0 aromatic carbocycles. The van der Waals surface area contributed by atoms with Gasteiger partial charge in [0.05, 0.1) is 5.29 Å². The molecule has 1 heterocycles. The van der Waals surface area contributed by atoms with Crippen LogP contribution in [0.25, 0.3) is 0 Å². The number of nitroso groups, excluding NO2 is 1. The first-order valence-corrected chi connectivity index (χ1v) is 4.06. The molecule has 0 unspecified atom stereocenters. The Labute approximate surface area is 84.8 Å². The molecule has 74 valence electrons. The van der Waals surface area contributed by atoms with E-state index in [-0.39, 0.29) is 17.4 Å². The average Bonchev–Trinajstić information content (AvgIpc) is 2.19. The highest BCUT2D eigenvalue weighted by molar-refractivity contribution is 6.30. The monoisotopic (exact) mass is 214 g/mol. The molecular weight excluding hydrogens is 208 g/mol. The van der Waals surface area contributed by atoms with Crippen LogP contribution in [-0.4, -0.2) is 16.6 Å². The zero-order valence-electron chi connectivity index (χ0n) is 7.56. The molecule has 0 aliphatic heterocycles.